The Hall–Kier alpha value is -3.14. The van der Waals surface area contributed by atoms with E-state index in [4.69, 9.17) is 9.47 Å². The maximum Gasteiger partial charge on any atom is 0.410 e. The highest BCUT2D eigenvalue weighted by atomic mass is 19.1. The average molecular weight is 435 g/mol. The summed E-state index contributed by atoms with van der Waals surface area (Å²) >= 11 is 0. The molecule has 0 aliphatic carbocycles. The number of aromatic nitrogens is 1. The Morgan fingerprint density at radius 1 is 1.19 bits per heavy atom. The van der Waals surface area contributed by atoms with Crippen molar-refractivity contribution in [1.82, 2.24) is 9.88 Å². The number of amides is 2. The largest absolute Gasteiger partial charge is 0.461 e. The van der Waals surface area contributed by atoms with Crippen molar-refractivity contribution < 1.29 is 33.1 Å². The molecule has 31 heavy (non-hydrogen) atoms. The molecule has 2 amide bonds. The van der Waals surface area contributed by atoms with Gasteiger partial charge >= 0.3 is 12.1 Å². The van der Waals surface area contributed by atoms with Crippen molar-refractivity contribution in [3.8, 4) is 0 Å². The third-order valence-corrected chi connectivity index (χ3v) is 5.43. The number of halogens is 1. The first-order valence-electron chi connectivity index (χ1n) is 10.4. The van der Waals surface area contributed by atoms with Crippen LogP contribution in [-0.2, 0) is 14.3 Å². The molecule has 0 radical (unpaired) electrons. The minimum Gasteiger partial charge on any atom is -0.461 e. The van der Waals surface area contributed by atoms with Crippen molar-refractivity contribution in [2.75, 3.05) is 44.7 Å². The predicted octanol–water partition coefficient (Wildman–Crippen LogP) is 1.17. The molecule has 3 rings (SSSR count). The van der Waals surface area contributed by atoms with Crippen molar-refractivity contribution in [2.24, 2.45) is 0 Å². The number of nitrogens with one attached hydrogen (secondary N) is 3. The monoisotopic (exact) mass is 435 g/mol. The van der Waals surface area contributed by atoms with Crippen LogP contribution in [0.4, 0.5) is 14.9 Å². The van der Waals surface area contributed by atoms with Crippen molar-refractivity contribution in [1.29, 1.82) is 0 Å². The molecule has 0 bridgehead atoms. The molecule has 168 valence electrons. The van der Waals surface area contributed by atoms with E-state index < -0.39 is 17.8 Å². The number of hydrogen-bond donors (Lipinski definition) is 3. The molecule has 2 heterocycles. The molecular formula is C21H28FN4O5+. The van der Waals surface area contributed by atoms with Gasteiger partial charge in [-0.05, 0) is 39.0 Å². The van der Waals surface area contributed by atoms with Gasteiger partial charge in [0, 0.05) is 10.9 Å². The summed E-state index contributed by atoms with van der Waals surface area (Å²) in [6, 6.07) is 3.60. The van der Waals surface area contributed by atoms with Gasteiger partial charge in [0.2, 0.25) is 0 Å². The molecule has 0 spiro atoms. The molecule has 0 saturated carbocycles. The molecule has 1 atom stereocenters. The third kappa shape index (κ3) is 4.96. The standard InChI is InChI=1S/C21H27FN4O5/c1-4-30-20(28)18-17(15-12-14(22)6-7-16(15)23-18)24-19(27)13(3)25-8-10-26(11-9-25)21(29)31-5-2/h6-7,12-13,23H,4-5,8-11H2,1-3H3,(H,24,27)/p+1/t13-/m1/s1. The Morgan fingerprint density at radius 2 is 1.87 bits per heavy atom. The van der Waals surface area contributed by atoms with Crippen LogP contribution in [0, 0.1) is 5.82 Å². The lowest BCUT2D eigenvalue weighted by Crippen LogP contribution is -3.19. The molecule has 3 N–H and O–H groups in total. The molecule has 0 unspecified atom stereocenters. The Labute approximate surface area is 179 Å². The van der Waals surface area contributed by atoms with Crippen LogP contribution < -0.4 is 10.2 Å². The van der Waals surface area contributed by atoms with Crippen LogP contribution in [-0.4, -0.2) is 73.3 Å². The number of esters is 1. The number of H-pyrrole nitrogens is 1. The fraction of sp³-hybridized carbons (Fsp3) is 0.476. The van der Waals surface area contributed by atoms with Gasteiger partial charge in [0.1, 0.15) is 11.5 Å². The smallest absolute Gasteiger partial charge is 0.410 e. The van der Waals surface area contributed by atoms with Gasteiger partial charge in [-0.3, -0.25) is 9.69 Å². The van der Waals surface area contributed by atoms with E-state index in [1.54, 1.807) is 25.7 Å². The summed E-state index contributed by atoms with van der Waals surface area (Å²) in [7, 11) is 0. The van der Waals surface area contributed by atoms with E-state index >= 15 is 0 Å². The number of hydrogen-bond acceptors (Lipinski definition) is 5. The second-order valence-electron chi connectivity index (χ2n) is 7.34. The average Bonchev–Trinajstić information content (AvgIpc) is 3.11. The highest BCUT2D eigenvalue weighted by Gasteiger charge is 2.32. The lowest BCUT2D eigenvalue weighted by atomic mass is 10.1. The van der Waals surface area contributed by atoms with Crippen LogP contribution in [0.1, 0.15) is 31.3 Å². The number of carbonyl (C=O) groups excluding carboxylic acids is 3. The number of anilines is 1. The minimum atomic E-state index is -0.627. The first-order valence-corrected chi connectivity index (χ1v) is 10.4. The number of rotatable bonds is 6. The second kappa shape index (κ2) is 9.78. The maximum atomic E-state index is 13.8. The molecule has 2 aromatic rings. The van der Waals surface area contributed by atoms with E-state index in [0.717, 1.165) is 4.90 Å². The van der Waals surface area contributed by atoms with Crippen LogP contribution in [0.3, 0.4) is 0 Å². The summed E-state index contributed by atoms with van der Waals surface area (Å²) in [6.45, 7) is 7.84. The molecule has 1 fully saturated rings. The number of fused-ring (bicyclic) bond motifs is 1. The summed E-state index contributed by atoms with van der Waals surface area (Å²) in [6.07, 6.45) is -0.349. The van der Waals surface area contributed by atoms with Gasteiger partial charge in [-0.2, -0.15) is 0 Å². The van der Waals surface area contributed by atoms with E-state index in [-0.39, 0.29) is 30.0 Å². The summed E-state index contributed by atoms with van der Waals surface area (Å²) in [5, 5.41) is 3.18. The van der Waals surface area contributed by atoms with Crippen molar-refractivity contribution in [2.45, 2.75) is 26.8 Å². The molecule has 1 saturated heterocycles. The molecule has 10 heteroatoms. The number of carbonyl (C=O) groups is 3. The van der Waals surface area contributed by atoms with E-state index in [0.29, 0.717) is 43.7 Å². The summed E-state index contributed by atoms with van der Waals surface area (Å²) in [5.74, 6) is -1.42. The Kier molecular flexibility index (Phi) is 7.11. The first kappa shape index (κ1) is 22.5. The zero-order valence-electron chi connectivity index (χ0n) is 17.9. The molecule has 1 aromatic heterocycles. The molecule has 1 aliphatic heterocycles. The molecule has 1 aromatic carbocycles. The zero-order valence-corrected chi connectivity index (χ0v) is 17.9. The molecule has 1 aliphatic rings. The van der Waals surface area contributed by atoms with Crippen molar-refractivity contribution in [3.63, 3.8) is 0 Å². The highest BCUT2D eigenvalue weighted by Crippen LogP contribution is 2.29. The van der Waals surface area contributed by atoms with Gasteiger partial charge in [-0.25, -0.2) is 14.0 Å². The number of nitrogens with zero attached hydrogens (tertiary/aromatic N) is 1. The fourth-order valence-electron chi connectivity index (χ4n) is 3.69. The number of quaternary nitrogens is 1. The van der Waals surface area contributed by atoms with Gasteiger partial charge < -0.3 is 24.7 Å². The van der Waals surface area contributed by atoms with E-state index in [1.165, 1.54) is 18.2 Å². The molecule has 9 nitrogen and oxygen atoms in total. The Bertz CT molecular complexity index is 968. The lowest BCUT2D eigenvalue weighted by Gasteiger charge is -2.34. The van der Waals surface area contributed by atoms with Gasteiger partial charge in [-0.15, -0.1) is 0 Å². The fourth-order valence-corrected chi connectivity index (χ4v) is 3.69. The SMILES string of the molecule is CCOC(=O)c1[nH]c2ccc(F)cc2c1NC(=O)[C@@H](C)[NH+]1CCN(C(=O)OCC)CC1. The predicted molar refractivity (Wildman–Crippen MR) is 112 cm³/mol. The number of ether oxygens (including phenoxy) is 2. The van der Waals surface area contributed by atoms with E-state index in [2.05, 4.69) is 10.3 Å². The Morgan fingerprint density at radius 3 is 2.52 bits per heavy atom. The topological polar surface area (TPSA) is 105 Å². The van der Waals surface area contributed by atoms with Crippen LogP contribution in [0.25, 0.3) is 10.9 Å². The van der Waals surface area contributed by atoms with Gasteiger partial charge in [0.15, 0.2) is 6.04 Å². The van der Waals surface area contributed by atoms with Gasteiger partial charge in [-0.1, -0.05) is 0 Å². The van der Waals surface area contributed by atoms with Gasteiger partial charge in [0.05, 0.1) is 45.1 Å². The van der Waals surface area contributed by atoms with Crippen molar-refractivity contribution >= 4 is 34.6 Å². The number of aromatic amines is 1. The van der Waals surface area contributed by atoms with Gasteiger partial charge in [0.25, 0.3) is 5.91 Å². The van der Waals surface area contributed by atoms with Crippen LogP contribution in [0.5, 0.6) is 0 Å². The number of piperazine rings is 1. The zero-order chi connectivity index (χ0) is 22.5. The number of benzene rings is 1. The third-order valence-electron chi connectivity index (χ3n) is 5.43. The molecular weight excluding hydrogens is 407 g/mol. The summed E-state index contributed by atoms with van der Waals surface area (Å²) in [5.41, 5.74) is 0.794. The lowest BCUT2D eigenvalue weighted by molar-refractivity contribution is -0.917. The summed E-state index contributed by atoms with van der Waals surface area (Å²) in [4.78, 5) is 42.8. The van der Waals surface area contributed by atoms with Crippen molar-refractivity contribution in [3.05, 3.63) is 29.7 Å². The maximum absolute atomic E-state index is 13.8. The normalized spacial score (nSPS) is 15.5. The first-order chi connectivity index (χ1) is 14.8. The van der Waals surface area contributed by atoms with Crippen LogP contribution in [0.2, 0.25) is 0 Å². The Balaban J connectivity index is 1.75. The van der Waals surface area contributed by atoms with Crippen LogP contribution in [0.15, 0.2) is 18.2 Å². The second-order valence-corrected chi connectivity index (χ2v) is 7.34. The quantitative estimate of drug-likeness (QED) is 0.591. The summed E-state index contributed by atoms with van der Waals surface area (Å²) < 4.78 is 23.9. The highest BCUT2D eigenvalue weighted by molar-refractivity contribution is 6.11. The minimum absolute atomic E-state index is 0.0742. The van der Waals surface area contributed by atoms with E-state index in [9.17, 15) is 18.8 Å². The van der Waals surface area contributed by atoms with E-state index in [1.807, 2.05) is 0 Å². The van der Waals surface area contributed by atoms with Crippen LogP contribution >= 0.6 is 0 Å².